The van der Waals surface area contributed by atoms with Crippen LogP contribution in [-0.4, -0.2) is 20.0 Å². The van der Waals surface area contributed by atoms with E-state index >= 15 is 0 Å². The number of aromatic nitrogens is 4. The number of unbranched alkanes of at least 4 members (excludes halogenated alkanes) is 1. The average molecular weight is 457 g/mol. The van der Waals surface area contributed by atoms with E-state index in [2.05, 4.69) is 81.6 Å². The van der Waals surface area contributed by atoms with Gasteiger partial charge in [0, 0.05) is 22.4 Å². The molecule has 0 saturated heterocycles. The molecule has 2 aromatic carbocycles. The molecule has 4 nitrogen and oxygen atoms in total. The van der Waals surface area contributed by atoms with Crippen LogP contribution in [0.15, 0.2) is 66.1 Å². The summed E-state index contributed by atoms with van der Waals surface area (Å²) in [5, 5.41) is 13.1. The van der Waals surface area contributed by atoms with Crippen LogP contribution >= 0.6 is 11.3 Å². The molecule has 2 aromatic heterocycles. The first kappa shape index (κ1) is 23.1. The number of benzene rings is 2. The first-order chi connectivity index (χ1) is 16.0. The van der Waals surface area contributed by atoms with Crippen molar-refractivity contribution in [1.82, 2.24) is 20.0 Å². The fourth-order valence-corrected chi connectivity index (χ4v) is 4.52. The van der Waals surface area contributed by atoms with E-state index < -0.39 is 0 Å². The lowest BCUT2D eigenvalue weighted by Crippen LogP contribution is -2.04. The molecule has 170 valence electrons. The van der Waals surface area contributed by atoms with Gasteiger partial charge in [-0.15, -0.1) is 11.3 Å². The lowest BCUT2D eigenvalue weighted by molar-refractivity contribution is 0.468. The van der Waals surface area contributed by atoms with Crippen molar-refractivity contribution in [2.24, 2.45) is 0 Å². The molecule has 0 saturated carbocycles. The highest BCUT2D eigenvalue weighted by Crippen LogP contribution is 2.30. The molecule has 33 heavy (non-hydrogen) atoms. The Hall–Kier alpha value is -3.05. The Morgan fingerprint density at radius 1 is 0.909 bits per heavy atom. The van der Waals surface area contributed by atoms with Crippen molar-refractivity contribution in [2.45, 2.75) is 58.9 Å². The molecule has 0 aliphatic carbocycles. The molecule has 0 spiro atoms. The Morgan fingerprint density at radius 2 is 1.64 bits per heavy atom. The van der Waals surface area contributed by atoms with Gasteiger partial charge in [0.1, 0.15) is 11.4 Å². The summed E-state index contributed by atoms with van der Waals surface area (Å²) in [5.74, 6) is 0.514. The maximum atomic E-state index is 4.83. The van der Waals surface area contributed by atoms with Gasteiger partial charge >= 0.3 is 0 Å². The molecular weight excluding hydrogens is 424 g/mol. The predicted molar refractivity (Wildman–Crippen MR) is 139 cm³/mol. The number of aryl methyl sites for hydroxylation is 1. The van der Waals surface area contributed by atoms with Crippen LogP contribution in [0.1, 0.15) is 68.8 Å². The average Bonchev–Trinajstić information content (AvgIpc) is 3.48. The minimum Gasteiger partial charge on any atom is -0.246 e. The highest BCUT2D eigenvalue weighted by molar-refractivity contribution is 7.09. The molecule has 0 aliphatic rings. The normalized spacial score (nSPS) is 11.8. The Labute approximate surface area is 201 Å². The van der Waals surface area contributed by atoms with E-state index in [9.17, 15) is 0 Å². The van der Waals surface area contributed by atoms with Gasteiger partial charge in [0.15, 0.2) is 0 Å². The van der Waals surface area contributed by atoms with Gasteiger partial charge in [0.25, 0.3) is 0 Å². The topological polar surface area (TPSA) is 43.6 Å². The van der Waals surface area contributed by atoms with Crippen LogP contribution in [0.3, 0.4) is 0 Å². The summed E-state index contributed by atoms with van der Waals surface area (Å²) in [7, 11) is 0. The van der Waals surface area contributed by atoms with Crippen LogP contribution in [0, 0.1) is 0 Å². The fourth-order valence-electron chi connectivity index (χ4n) is 3.65. The van der Waals surface area contributed by atoms with Gasteiger partial charge in [-0.3, -0.25) is 0 Å². The summed E-state index contributed by atoms with van der Waals surface area (Å²) in [6.45, 7) is 8.61. The van der Waals surface area contributed by atoms with E-state index in [0.717, 1.165) is 41.8 Å². The lowest BCUT2D eigenvalue weighted by Gasteiger charge is -2.03. The number of hydrogen-bond donors (Lipinski definition) is 0. The van der Waals surface area contributed by atoms with Gasteiger partial charge < -0.3 is 0 Å². The number of nitrogens with zero attached hydrogens (tertiary/aromatic N) is 4. The zero-order valence-corrected chi connectivity index (χ0v) is 20.7. The monoisotopic (exact) mass is 456 g/mol. The maximum absolute atomic E-state index is 4.83. The molecular formula is C28H32N4S. The van der Waals surface area contributed by atoms with Gasteiger partial charge in [-0.2, -0.15) is 15.0 Å². The van der Waals surface area contributed by atoms with Crippen LogP contribution < -0.4 is 0 Å². The SMILES string of the molecule is CC(C)c1nc(CCCC=Cc2cccc(-c3nn(C(C)C)nc3-c3ccccc3)c2)cs1. The van der Waals surface area contributed by atoms with Crippen molar-refractivity contribution in [3.8, 4) is 22.5 Å². The molecule has 0 fully saturated rings. The second-order valence-corrected chi connectivity index (χ2v) is 9.82. The Kier molecular flexibility index (Phi) is 7.50. The molecule has 5 heteroatoms. The lowest BCUT2D eigenvalue weighted by atomic mass is 10.0. The minimum absolute atomic E-state index is 0.207. The number of thiazole rings is 1. The first-order valence-electron chi connectivity index (χ1n) is 11.7. The van der Waals surface area contributed by atoms with Gasteiger partial charge in [-0.25, -0.2) is 4.98 Å². The molecule has 0 bridgehead atoms. The molecule has 2 heterocycles. The zero-order valence-electron chi connectivity index (χ0n) is 19.9. The van der Waals surface area contributed by atoms with E-state index in [1.165, 1.54) is 16.3 Å². The Bertz CT molecular complexity index is 1200. The number of rotatable bonds is 9. The Morgan fingerprint density at radius 3 is 2.33 bits per heavy atom. The van der Waals surface area contributed by atoms with Crippen molar-refractivity contribution in [2.75, 3.05) is 0 Å². The van der Waals surface area contributed by atoms with Crippen LogP contribution in [0.2, 0.25) is 0 Å². The van der Waals surface area contributed by atoms with Crippen LogP contribution in [0.5, 0.6) is 0 Å². The summed E-state index contributed by atoms with van der Waals surface area (Å²) < 4.78 is 0. The molecule has 0 unspecified atom stereocenters. The van der Waals surface area contributed by atoms with E-state index in [1.807, 2.05) is 23.0 Å². The summed E-state index contributed by atoms with van der Waals surface area (Å²) in [6, 6.07) is 19.1. The summed E-state index contributed by atoms with van der Waals surface area (Å²) in [4.78, 5) is 6.55. The number of hydrogen-bond acceptors (Lipinski definition) is 4. The fraction of sp³-hybridized carbons (Fsp3) is 0.321. The van der Waals surface area contributed by atoms with Crippen LogP contribution in [-0.2, 0) is 6.42 Å². The standard InChI is InChI=1S/C28H32N4S/c1-20(2)28-29-25(19-33-28)17-10-5-7-12-22-13-11-16-24(18-22)27-26(23-14-8-6-9-15-23)30-32(31-27)21(3)4/h6-9,11-16,18-21H,5,10,17H2,1-4H3. The molecule has 0 radical (unpaired) electrons. The summed E-state index contributed by atoms with van der Waals surface area (Å²) >= 11 is 1.78. The summed E-state index contributed by atoms with van der Waals surface area (Å²) in [6.07, 6.45) is 7.65. The van der Waals surface area contributed by atoms with Crippen LogP contribution in [0.25, 0.3) is 28.6 Å². The van der Waals surface area contributed by atoms with Crippen molar-refractivity contribution in [3.05, 3.63) is 82.3 Å². The van der Waals surface area contributed by atoms with Crippen molar-refractivity contribution >= 4 is 17.4 Å². The van der Waals surface area contributed by atoms with Crippen molar-refractivity contribution < 1.29 is 0 Å². The maximum Gasteiger partial charge on any atom is 0.121 e. The minimum atomic E-state index is 0.207. The predicted octanol–water partition coefficient (Wildman–Crippen LogP) is 7.81. The third-order valence-electron chi connectivity index (χ3n) is 5.48. The van der Waals surface area contributed by atoms with Gasteiger partial charge in [0.2, 0.25) is 0 Å². The molecule has 0 atom stereocenters. The van der Waals surface area contributed by atoms with Gasteiger partial charge in [0.05, 0.1) is 16.7 Å². The smallest absolute Gasteiger partial charge is 0.121 e. The second-order valence-electron chi connectivity index (χ2n) is 8.93. The molecule has 4 rings (SSSR count). The molecule has 0 N–H and O–H groups in total. The third-order valence-corrected chi connectivity index (χ3v) is 6.67. The van der Waals surface area contributed by atoms with E-state index in [-0.39, 0.29) is 6.04 Å². The van der Waals surface area contributed by atoms with Crippen LogP contribution in [0.4, 0.5) is 0 Å². The third kappa shape index (κ3) is 5.85. The van der Waals surface area contributed by atoms with Gasteiger partial charge in [-0.1, -0.05) is 74.5 Å². The molecule has 0 aliphatic heterocycles. The second kappa shape index (κ2) is 10.7. The zero-order chi connectivity index (χ0) is 23.2. The van der Waals surface area contributed by atoms with E-state index in [1.54, 1.807) is 11.3 Å². The number of allylic oxidation sites excluding steroid dienone is 1. The summed E-state index contributed by atoms with van der Waals surface area (Å²) in [5.41, 5.74) is 6.43. The van der Waals surface area contributed by atoms with Gasteiger partial charge in [-0.05, 0) is 44.7 Å². The highest BCUT2D eigenvalue weighted by Gasteiger charge is 2.16. The highest BCUT2D eigenvalue weighted by atomic mass is 32.1. The molecule has 0 amide bonds. The first-order valence-corrected chi connectivity index (χ1v) is 12.6. The largest absolute Gasteiger partial charge is 0.246 e. The van der Waals surface area contributed by atoms with E-state index in [4.69, 9.17) is 15.2 Å². The van der Waals surface area contributed by atoms with Crippen molar-refractivity contribution in [1.29, 1.82) is 0 Å². The van der Waals surface area contributed by atoms with E-state index in [0.29, 0.717) is 5.92 Å². The quantitative estimate of drug-likeness (QED) is 0.241. The Balaban J connectivity index is 1.46. The van der Waals surface area contributed by atoms with Crippen molar-refractivity contribution in [3.63, 3.8) is 0 Å². The molecule has 4 aromatic rings.